The van der Waals surface area contributed by atoms with Crippen molar-refractivity contribution in [1.82, 2.24) is 9.78 Å². The van der Waals surface area contributed by atoms with Crippen molar-refractivity contribution in [3.05, 3.63) is 36.0 Å². The van der Waals surface area contributed by atoms with Crippen LogP contribution in [0.4, 0.5) is 5.69 Å². The van der Waals surface area contributed by atoms with Gasteiger partial charge in [-0.1, -0.05) is 6.07 Å². The first-order valence-electron chi connectivity index (χ1n) is 4.53. The number of nitrogen functional groups attached to an aromatic ring is 1. The first kappa shape index (κ1) is 8.81. The lowest BCUT2D eigenvalue weighted by Crippen LogP contribution is -1.91. The first-order valence-corrected chi connectivity index (χ1v) is 4.53. The van der Waals surface area contributed by atoms with Crippen molar-refractivity contribution in [2.75, 3.05) is 5.73 Å². The van der Waals surface area contributed by atoms with Crippen LogP contribution in [0.5, 0.6) is 0 Å². The number of hydrogen-bond donors (Lipinski definition) is 1. The highest BCUT2D eigenvalue weighted by atomic mass is 15.2. The molecule has 0 aliphatic rings. The van der Waals surface area contributed by atoms with Gasteiger partial charge in [0, 0.05) is 24.5 Å². The number of aryl methyl sites for hydroxylation is 2. The molecule has 72 valence electrons. The van der Waals surface area contributed by atoms with Crippen LogP contribution in [0.1, 0.15) is 5.56 Å². The van der Waals surface area contributed by atoms with Gasteiger partial charge >= 0.3 is 0 Å². The standard InChI is InChI=1S/C11H13N3/c1-8-3-4-9(12)7-10(8)11-5-6-14(2)13-11/h3-7H,12H2,1-2H3. The fraction of sp³-hybridized carbons (Fsp3) is 0.182. The smallest absolute Gasteiger partial charge is 0.0926 e. The van der Waals surface area contributed by atoms with E-state index in [1.165, 1.54) is 5.56 Å². The molecule has 2 aromatic rings. The van der Waals surface area contributed by atoms with E-state index in [9.17, 15) is 0 Å². The molecule has 0 amide bonds. The first-order chi connectivity index (χ1) is 6.66. The van der Waals surface area contributed by atoms with Crippen LogP contribution in [0.25, 0.3) is 11.3 Å². The molecule has 14 heavy (non-hydrogen) atoms. The summed E-state index contributed by atoms with van der Waals surface area (Å²) in [4.78, 5) is 0. The highest BCUT2D eigenvalue weighted by Gasteiger charge is 2.04. The van der Waals surface area contributed by atoms with E-state index < -0.39 is 0 Å². The summed E-state index contributed by atoms with van der Waals surface area (Å²) in [6.07, 6.45) is 1.93. The van der Waals surface area contributed by atoms with Gasteiger partial charge in [0.2, 0.25) is 0 Å². The van der Waals surface area contributed by atoms with Crippen LogP contribution in [0.3, 0.4) is 0 Å². The quantitative estimate of drug-likeness (QED) is 0.694. The SMILES string of the molecule is Cc1ccc(N)cc1-c1ccn(C)n1. The Kier molecular flexibility index (Phi) is 2.00. The maximum Gasteiger partial charge on any atom is 0.0926 e. The second-order valence-electron chi connectivity index (χ2n) is 3.45. The minimum absolute atomic E-state index is 0.774. The van der Waals surface area contributed by atoms with Crippen LogP contribution in [-0.2, 0) is 7.05 Å². The Morgan fingerprint density at radius 2 is 2.07 bits per heavy atom. The summed E-state index contributed by atoms with van der Waals surface area (Å²) < 4.78 is 1.79. The van der Waals surface area contributed by atoms with Crippen molar-refractivity contribution in [2.24, 2.45) is 7.05 Å². The van der Waals surface area contributed by atoms with Crippen molar-refractivity contribution < 1.29 is 0 Å². The van der Waals surface area contributed by atoms with E-state index in [2.05, 4.69) is 12.0 Å². The molecular formula is C11H13N3. The largest absolute Gasteiger partial charge is 0.399 e. The van der Waals surface area contributed by atoms with E-state index in [-0.39, 0.29) is 0 Å². The highest BCUT2D eigenvalue weighted by Crippen LogP contribution is 2.23. The Labute approximate surface area is 83.2 Å². The lowest BCUT2D eigenvalue weighted by atomic mass is 10.1. The molecule has 0 spiro atoms. The molecule has 1 heterocycles. The van der Waals surface area contributed by atoms with Crippen molar-refractivity contribution >= 4 is 5.69 Å². The lowest BCUT2D eigenvalue weighted by Gasteiger charge is -2.03. The number of hydrogen-bond acceptors (Lipinski definition) is 2. The van der Waals surface area contributed by atoms with Crippen molar-refractivity contribution in [3.8, 4) is 11.3 Å². The van der Waals surface area contributed by atoms with Gasteiger partial charge in [-0.15, -0.1) is 0 Å². The minimum atomic E-state index is 0.774. The third-order valence-electron chi connectivity index (χ3n) is 2.25. The molecule has 0 radical (unpaired) electrons. The molecule has 2 rings (SSSR count). The van der Waals surface area contributed by atoms with Gasteiger partial charge in [0.15, 0.2) is 0 Å². The van der Waals surface area contributed by atoms with Crippen molar-refractivity contribution in [3.63, 3.8) is 0 Å². The topological polar surface area (TPSA) is 43.8 Å². The molecule has 3 nitrogen and oxygen atoms in total. The number of nitrogens with zero attached hydrogens (tertiary/aromatic N) is 2. The maximum absolute atomic E-state index is 5.74. The molecule has 0 bridgehead atoms. The molecule has 0 saturated carbocycles. The molecule has 3 heteroatoms. The number of benzene rings is 1. The second kappa shape index (κ2) is 3.18. The van der Waals surface area contributed by atoms with Gasteiger partial charge in [-0.3, -0.25) is 4.68 Å². The van der Waals surface area contributed by atoms with Gasteiger partial charge < -0.3 is 5.73 Å². The molecular weight excluding hydrogens is 174 g/mol. The van der Waals surface area contributed by atoms with Crippen LogP contribution in [-0.4, -0.2) is 9.78 Å². The summed E-state index contributed by atoms with van der Waals surface area (Å²) in [6, 6.07) is 7.86. The van der Waals surface area contributed by atoms with E-state index in [0.29, 0.717) is 0 Å². The van der Waals surface area contributed by atoms with E-state index in [1.807, 2.05) is 37.5 Å². The number of nitrogens with two attached hydrogens (primary N) is 1. The summed E-state index contributed by atoms with van der Waals surface area (Å²) in [5, 5.41) is 4.34. The summed E-state index contributed by atoms with van der Waals surface area (Å²) in [5.41, 5.74) is 9.78. The fourth-order valence-electron chi connectivity index (χ4n) is 1.47. The molecule has 1 aromatic carbocycles. The van der Waals surface area contributed by atoms with E-state index in [0.717, 1.165) is 16.9 Å². The van der Waals surface area contributed by atoms with E-state index in [1.54, 1.807) is 4.68 Å². The Hall–Kier alpha value is -1.77. The number of aromatic nitrogens is 2. The fourth-order valence-corrected chi connectivity index (χ4v) is 1.47. The van der Waals surface area contributed by atoms with E-state index >= 15 is 0 Å². The van der Waals surface area contributed by atoms with Crippen molar-refractivity contribution in [2.45, 2.75) is 6.92 Å². The summed E-state index contributed by atoms with van der Waals surface area (Å²) in [6.45, 7) is 2.06. The summed E-state index contributed by atoms with van der Waals surface area (Å²) in [7, 11) is 1.91. The van der Waals surface area contributed by atoms with Gasteiger partial charge in [-0.05, 0) is 30.7 Å². The van der Waals surface area contributed by atoms with E-state index in [4.69, 9.17) is 5.73 Å². The third-order valence-corrected chi connectivity index (χ3v) is 2.25. The van der Waals surface area contributed by atoms with Crippen LogP contribution >= 0.6 is 0 Å². The van der Waals surface area contributed by atoms with Crippen LogP contribution < -0.4 is 5.73 Å². The maximum atomic E-state index is 5.74. The third kappa shape index (κ3) is 1.48. The molecule has 0 unspecified atom stereocenters. The van der Waals surface area contributed by atoms with Gasteiger partial charge in [0.05, 0.1) is 5.69 Å². The Bertz CT molecular complexity index is 457. The van der Waals surface area contributed by atoms with Gasteiger partial charge in [-0.2, -0.15) is 5.10 Å². The average Bonchev–Trinajstić information content (AvgIpc) is 2.56. The molecule has 0 aliphatic carbocycles. The molecule has 0 aliphatic heterocycles. The molecule has 0 fully saturated rings. The summed E-state index contributed by atoms with van der Waals surface area (Å²) in [5.74, 6) is 0. The lowest BCUT2D eigenvalue weighted by molar-refractivity contribution is 0.771. The number of anilines is 1. The van der Waals surface area contributed by atoms with Crippen LogP contribution in [0, 0.1) is 6.92 Å². The molecule has 1 aromatic heterocycles. The van der Waals surface area contributed by atoms with Crippen LogP contribution in [0.15, 0.2) is 30.5 Å². The number of rotatable bonds is 1. The average molecular weight is 187 g/mol. The monoisotopic (exact) mass is 187 g/mol. The minimum Gasteiger partial charge on any atom is -0.399 e. The van der Waals surface area contributed by atoms with Crippen LogP contribution in [0.2, 0.25) is 0 Å². The highest BCUT2D eigenvalue weighted by molar-refractivity contribution is 5.67. The Morgan fingerprint density at radius 1 is 1.29 bits per heavy atom. The zero-order valence-electron chi connectivity index (χ0n) is 8.36. The zero-order valence-corrected chi connectivity index (χ0v) is 8.36. The molecule has 2 N–H and O–H groups in total. The van der Waals surface area contributed by atoms with Gasteiger partial charge in [0.25, 0.3) is 0 Å². The molecule has 0 atom stereocenters. The van der Waals surface area contributed by atoms with Crippen molar-refractivity contribution in [1.29, 1.82) is 0 Å². The Balaban J connectivity index is 2.55. The normalized spacial score (nSPS) is 10.4. The van der Waals surface area contributed by atoms with Gasteiger partial charge in [-0.25, -0.2) is 0 Å². The summed E-state index contributed by atoms with van der Waals surface area (Å²) >= 11 is 0. The predicted molar refractivity (Wildman–Crippen MR) is 57.8 cm³/mol. The van der Waals surface area contributed by atoms with Gasteiger partial charge in [0.1, 0.15) is 0 Å². The molecule has 0 saturated heterocycles. The predicted octanol–water partition coefficient (Wildman–Crippen LogP) is 1.98. The zero-order chi connectivity index (χ0) is 10.1. The second-order valence-corrected chi connectivity index (χ2v) is 3.45. The Morgan fingerprint density at radius 3 is 2.71 bits per heavy atom.